The number of nitrogens with two attached hydrogens (primary N) is 1. The largest absolute Gasteiger partial charge is 0.668 e. The van der Waals surface area contributed by atoms with Crippen LogP contribution in [-0.2, 0) is 35.9 Å². The van der Waals surface area contributed by atoms with Crippen LogP contribution in [0.4, 0.5) is 5.82 Å². The quantitative estimate of drug-likeness (QED) is 0.0723. The van der Waals surface area contributed by atoms with E-state index in [1.807, 2.05) is 48.5 Å². The first-order valence-corrected chi connectivity index (χ1v) is 18.2. The highest BCUT2D eigenvalue weighted by molar-refractivity contribution is 5.84. The molecule has 0 amide bonds. The van der Waals surface area contributed by atoms with Crippen molar-refractivity contribution in [3.05, 3.63) is 125 Å². The van der Waals surface area contributed by atoms with E-state index in [2.05, 4.69) is 9.97 Å². The number of carbonyl (C=O) groups excluding carboxylic acids is 1. The minimum atomic E-state index is -1.20. The number of aromatic hydroxyl groups is 3. The summed E-state index contributed by atoms with van der Waals surface area (Å²) in [5, 5.41) is 55.7. The Bertz CT molecular complexity index is 2020. The van der Waals surface area contributed by atoms with Gasteiger partial charge in [0, 0.05) is 18.0 Å². The van der Waals surface area contributed by atoms with E-state index in [0.717, 1.165) is 16.8 Å². The second-order valence-electron chi connectivity index (χ2n) is 14.3. The van der Waals surface area contributed by atoms with Crippen molar-refractivity contribution in [1.29, 1.82) is 0 Å². The van der Waals surface area contributed by atoms with E-state index >= 15 is 4.79 Å². The minimum Gasteiger partial charge on any atom is -0.668 e. The van der Waals surface area contributed by atoms with E-state index in [1.54, 1.807) is 36.7 Å². The maximum Gasteiger partial charge on any atom is 0.200 e. The summed E-state index contributed by atoms with van der Waals surface area (Å²) in [4.78, 5) is 24.1. The van der Waals surface area contributed by atoms with Crippen LogP contribution in [0.2, 0.25) is 0 Å². The second kappa shape index (κ2) is 16.7. The van der Waals surface area contributed by atoms with Crippen molar-refractivity contribution in [3.63, 3.8) is 0 Å². The van der Waals surface area contributed by atoms with Crippen molar-refractivity contribution in [1.82, 2.24) is 9.97 Å². The molecule has 284 valence electrons. The predicted molar refractivity (Wildman–Crippen MR) is 204 cm³/mol. The predicted octanol–water partition coefficient (Wildman–Crippen LogP) is 5.29. The number of rotatable bonds is 16. The van der Waals surface area contributed by atoms with Crippen LogP contribution in [0.1, 0.15) is 47.2 Å². The van der Waals surface area contributed by atoms with E-state index < -0.39 is 35.2 Å². The molecular weight excluding hydrogens is 686 g/mol. The molecule has 0 spiro atoms. The number of benzene rings is 3. The van der Waals surface area contributed by atoms with Gasteiger partial charge in [-0.1, -0.05) is 48.5 Å². The van der Waals surface area contributed by atoms with E-state index in [0.29, 0.717) is 42.6 Å². The number of nitrogens with zero attached hydrogens (tertiary/aromatic N) is 2. The standard InChI is InChI=1S/C43H48N3O8/c1-53-38-21-27(10-13-33(38)47)11-14-34(48)41(35(49)15-12-28-20-37(51)42(52)39(22-28)54-2)43(29-16-18-46-40(44)24-29)30(19-26-7-4-3-5-8-26)23-36(50)32(43)25-31-9-6-17-45-31/h3-10,13,16-18,20-22,24,30,32,34,36,41,47-48,50-52H,11-12,14-15,19,23,25H2,1-2H3,(H2,44,46)/q-1. The molecule has 1 aliphatic carbocycles. The van der Waals surface area contributed by atoms with Crippen molar-refractivity contribution >= 4 is 11.6 Å². The molecule has 6 atom stereocenters. The first kappa shape index (κ1) is 38.2. The van der Waals surface area contributed by atoms with Gasteiger partial charge >= 0.3 is 0 Å². The summed E-state index contributed by atoms with van der Waals surface area (Å²) >= 11 is 0. The normalized spacial score (nSPS) is 20.7. The van der Waals surface area contributed by atoms with Gasteiger partial charge < -0.3 is 45.7 Å². The van der Waals surface area contributed by atoms with Gasteiger partial charge in [-0.05, 0) is 109 Å². The number of pyridine rings is 1. The molecule has 3 aromatic carbocycles. The van der Waals surface area contributed by atoms with Crippen LogP contribution >= 0.6 is 0 Å². The second-order valence-corrected chi connectivity index (χ2v) is 14.3. The molecule has 6 unspecified atom stereocenters. The molecule has 2 heterocycles. The van der Waals surface area contributed by atoms with Crippen LogP contribution in [0.3, 0.4) is 0 Å². The Kier molecular flexibility index (Phi) is 11.8. The lowest BCUT2D eigenvalue weighted by molar-refractivity contribution is -0.133. The van der Waals surface area contributed by atoms with Gasteiger partial charge in [0.25, 0.3) is 0 Å². The topological polar surface area (TPSA) is 190 Å². The Balaban J connectivity index is 1.50. The number of Topliss-reactive ketones (excluding diaryl/α,β-unsaturated/α-hetero) is 1. The number of aliphatic hydroxyl groups excluding tert-OH is 2. The Morgan fingerprint density at radius 1 is 0.889 bits per heavy atom. The summed E-state index contributed by atoms with van der Waals surface area (Å²) in [5.74, 6) is -2.31. The molecule has 1 saturated carbocycles. The number of hydrogen-bond donors (Lipinski definition) is 6. The van der Waals surface area contributed by atoms with Gasteiger partial charge in [0.05, 0.1) is 32.3 Å². The number of carbonyl (C=O) groups is 1. The Morgan fingerprint density at radius 3 is 2.35 bits per heavy atom. The van der Waals surface area contributed by atoms with Crippen LogP contribution < -0.4 is 20.2 Å². The zero-order valence-corrected chi connectivity index (χ0v) is 30.5. The minimum absolute atomic E-state index is 0.00589. The maximum atomic E-state index is 15.2. The van der Waals surface area contributed by atoms with E-state index in [9.17, 15) is 25.5 Å². The molecule has 0 saturated heterocycles. The molecule has 5 aromatic rings. The molecule has 11 nitrogen and oxygen atoms in total. The summed E-state index contributed by atoms with van der Waals surface area (Å²) in [5.41, 5.74) is 9.09. The van der Waals surface area contributed by atoms with Gasteiger partial charge in [-0.3, -0.25) is 4.79 Å². The monoisotopic (exact) mass is 734 g/mol. The number of ether oxygens (including phenoxy) is 2. The van der Waals surface area contributed by atoms with Gasteiger partial charge in [-0.25, -0.2) is 4.98 Å². The molecule has 2 aromatic heterocycles. The maximum absolute atomic E-state index is 15.2. The van der Waals surface area contributed by atoms with E-state index in [4.69, 9.17) is 15.2 Å². The number of phenols is 3. The van der Waals surface area contributed by atoms with Crippen molar-refractivity contribution in [2.45, 2.75) is 62.6 Å². The number of phenolic OH excluding ortho intramolecular Hbond substituents is 3. The number of ketones is 1. The Labute approximate surface area is 315 Å². The average molecular weight is 735 g/mol. The number of aryl methyl sites for hydroxylation is 2. The number of anilines is 1. The number of nitrogen functional groups attached to an aromatic ring is 1. The molecule has 0 aliphatic heterocycles. The highest BCUT2D eigenvalue weighted by atomic mass is 16.5. The van der Waals surface area contributed by atoms with Crippen molar-refractivity contribution in [2.75, 3.05) is 20.0 Å². The van der Waals surface area contributed by atoms with Crippen molar-refractivity contribution in [3.8, 4) is 28.7 Å². The third-order valence-corrected chi connectivity index (χ3v) is 11.1. The van der Waals surface area contributed by atoms with Gasteiger partial charge in [0.1, 0.15) is 11.6 Å². The van der Waals surface area contributed by atoms with Gasteiger partial charge in [0.2, 0.25) is 5.75 Å². The summed E-state index contributed by atoms with van der Waals surface area (Å²) in [6.45, 7) is 0. The van der Waals surface area contributed by atoms with Crippen LogP contribution in [0, 0.1) is 17.8 Å². The first-order valence-electron chi connectivity index (χ1n) is 18.2. The summed E-state index contributed by atoms with van der Waals surface area (Å²) in [7, 11) is 2.85. The molecule has 54 heavy (non-hydrogen) atoms. The van der Waals surface area contributed by atoms with Crippen LogP contribution in [-0.4, -0.2) is 62.7 Å². The van der Waals surface area contributed by atoms with E-state index in [-0.39, 0.29) is 54.0 Å². The van der Waals surface area contributed by atoms with Crippen LogP contribution in [0.15, 0.2) is 97.3 Å². The summed E-state index contributed by atoms with van der Waals surface area (Å²) < 4.78 is 10.6. The molecular formula is C43H48N3O8-. The summed E-state index contributed by atoms with van der Waals surface area (Å²) in [6, 6.07) is 25.3. The lowest BCUT2D eigenvalue weighted by Crippen LogP contribution is -2.54. The molecule has 1 fully saturated rings. The third kappa shape index (κ3) is 7.88. The zero-order valence-electron chi connectivity index (χ0n) is 30.5. The number of methoxy groups -OCH3 is 2. The fourth-order valence-electron chi connectivity index (χ4n) is 8.77. The highest BCUT2D eigenvalue weighted by Crippen LogP contribution is 2.58. The van der Waals surface area contributed by atoms with Gasteiger partial charge in [-0.2, -0.15) is 11.9 Å². The SMILES string of the molecule is COc1cc(CCC(O)C(C(=O)CCc2cc(O)c(O)c(OC)c2)C2(c3ccnc(N)c3)C(Cc3ccccc3)CC(O)C2Cc2ccc[n-]2)ccc1O. The zero-order chi connectivity index (χ0) is 38.4. The van der Waals surface area contributed by atoms with Crippen LogP contribution in [0.25, 0.3) is 0 Å². The van der Waals surface area contributed by atoms with Gasteiger partial charge in [-0.15, -0.1) is 0 Å². The van der Waals surface area contributed by atoms with Gasteiger partial charge in [0.15, 0.2) is 23.0 Å². The third-order valence-electron chi connectivity index (χ3n) is 11.1. The number of aromatic nitrogens is 2. The fraction of sp³-hybridized carbons (Fsp3) is 0.349. The van der Waals surface area contributed by atoms with Crippen LogP contribution in [0.5, 0.6) is 28.7 Å². The average Bonchev–Trinajstić information content (AvgIpc) is 3.78. The van der Waals surface area contributed by atoms with E-state index in [1.165, 1.54) is 26.4 Å². The summed E-state index contributed by atoms with van der Waals surface area (Å²) in [6.07, 6.45) is 3.16. The smallest absolute Gasteiger partial charge is 0.200 e. The number of hydrogen-bond acceptors (Lipinski definition) is 10. The lowest BCUT2D eigenvalue weighted by atomic mass is 9.54. The molecule has 11 heteroatoms. The molecule has 0 radical (unpaired) electrons. The Morgan fingerprint density at radius 2 is 1.65 bits per heavy atom. The number of aliphatic hydroxyl groups is 2. The molecule has 7 N–H and O–H groups in total. The molecule has 0 bridgehead atoms. The van der Waals surface area contributed by atoms with Crippen molar-refractivity contribution in [2.24, 2.45) is 17.8 Å². The molecule has 6 rings (SSSR count). The van der Waals surface area contributed by atoms with Crippen molar-refractivity contribution < 1.29 is 39.8 Å². The first-order chi connectivity index (χ1) is 26.0. The Hall–Kier alpha value is -5.52. The lowest BCUT2D eigenvalue weighted by Gasteiger charge is -2.49. The molecule has 1 aliphatic rings. The fourth-order valence-corrected chi connectivity index (χ4v) is 8.77. The highest BCUT2D eigenvalue weighted by Gasteiger charge is 2.61.